The Balaban J connectivity index is 2.39. The molecule has 0 aromatic heterocycles. The van der Waals surface area contributed by atoms with Crippen molar-refractivity contribution < 1.29 is 4.79 Å². The van der Waals surface area contributed by atoms with Gasteiger partial charge in [0.15, 0.2) is 0 Å². The van der Waals surface area contributed by atoms with Crippen LogP contribution in [0, 0.1) is 5.92 Å². The standard InChI is InChI=1S/C7H14N2O/c1-5-6(9-4-10)3-7(5,2)8/h4-6H,3,8H2,1-2H3,(H,9,10). The summed E-state index contributed by atoms with van der Waals surface area (Å²) in [5.74, 6) is 0.401. The first kappa shape index (κ1) is 7.54. The van der Waals surface area contributed by atoms with Gasteiger partial charge in [-0.1, -0.05) is 6.92 Å². The van der Waals surface area contributed by atoms with E-state index in [0.29, 0.717) is 12.0 Å². The summed E-state index contributed by atoms with van der Waals surface area (Å²) in [6.45, 7) is 4.07. The van der Waals surface area contributed by atoms with Crippen LogP contribution in [0.25, 0.3) is 0 Å². The maximum atomic E-state index is 10.0. The van der Waals surface area contributed by atoms with Gasteiger partial charge in [-0.05, 0) is 19.3 Å². The quantitative estimate of drug-likeness (QED) is 0.527. The fourth-order valence-corrected chi connectivity index (χ4v) is 1.43. The molecule has 1 rings (SSSR count). The van der Waals surface area contributed by atoms with Crippen molar-refractivity contribution in [1.82, 2.24) is 5.32 Å². The van der Waals surface area contributed by atoms with Gasteiger partial charge in [-0.3, -0.25) is 4.79 Å². The highest BCUT2D eigenvalue weighted by molar-refractivity contribution is 5.47. The SMILES string of the molecule is CC1C(NC=O)CC1(C)N. The lowest BCUT2D eigenvalue weighted by atomic mass is 9.65. The van der Waals surface area contributed by atoms with E-state index in [9.17, 15) is 4.79 Å². The largest absolute Gasteiger partial charge is 0.356 e. The average molecular weight is 142 g/mol. The van der Waals surface area contributed by atoms with Crippen LogP contribution in [0.5, 0.6) is 0 Å². The Morgan fingerprint density at radius 3 is 2.70 bits per heavy atom. The third-order valence-electron chi connectivity index (χ3n) is 2.59. The Kier molecular flexibility index (Phi) is 1.68. The predicted molar refractivity (Wildman–Crippen MR) is 39.4 cm³/mol. The molecule has 3 N–H and O–H groups in total. The van der Waals surface area contributed by atoms with E-state index in [2.05, 4.69) is 12.2 Å². The number of amides is 1. The second-order valence-corrected chi connectivity index (χ2v) is 3.39. The number of nitrogens with one attached hydrogen (secondary N) is 1. The molecule has 0 aromatic carbocycles. The van der Waals surface area contributed by atoms with Gasteiger partial charge in [0.1, 0.15) is 0 Å². The molecule has 1 aliphatic carbocycles. The van der Waals surface area contributed by atoms with Crippen LogP contribution in [0.1, 0.15) is 20.3 Å². The highest BCUT2D eigenvalue weighted by atomic mass is 16.1. The van der Waals surface area contributed by atoms with E-state index < -0.39 is 0 Å². The molecule has 3 unspecified atom stereocenters. The third kappa shape index (κ3) is 1.01. The first-order valence-corrected chi connectivity index (χ1v) is 3.56. The van der Waals surface area contributed by atoms with Crippen molar-refractivity contribution in [2.75, 3.05) is 0 Å². The number of carbonyl (C=O) groups is 1. The zero-order valence-electron chi connectivity index (χ0n) is 6.42. The van der Waals surface area contributed by atoms with Gasteiger partial charge in [0, 0.05) is 11.6 Å². The summed E-state index contributed by atoms with van der Waals surface area (Å²) in [5.41, 5.74) is 5.76. The summed E-state index contributed by atoms with van der Waals surface area (Å²) in [7, 11) is 0. The minimum Gasteiger partial charge on any atom is -0.356 e. The molecule has 1 amide bonds. The number of nitrogens with two attached hydrogens (primary N) is 1. The van der Waals surface area contributed by atoms with Crippen LogP contribution >= 0.6 is 0 Å². The number of hydrogen-bond donors (Lipinski definition) is 2. The molecule has 10 heavy (non-hydrogen) atoms. The van der Waals surface area contributed by atoms with E-state index in [0.717, 1.165) is 12.8 Å². The van der Waals surface area contributed by atoms with Crippen LogP contribution in [0.3, 0.4) is 0 Å². The summed E-state index contributed by atoms with van der Waals surface area (Å²) in [6.07, 6.45) is 1.64. The van der Waals surface area contributed by atoms with Crippen molar-refractivity contribution in [3.63, 3.8) is 0 Å². The smallest absolute Gasteiger partial charge is 0.207 e. The van der Waals surface area contributed by atoms with Crippen LogP contribution in [0.2, 0.25) is 0 Å². The van der Waals surface area contributed by atoms with Gasteiger partial charge < -0.3 is 11.1 Å². The van der Waals surface area contributed by atoms with Crippen LogP contribution < -0.4 is 11.1 Å². The normalized spacial score (nSPS) is 45.9. The predicted octanol–water partition coefficient (Wildman–Crippen LogP) is -0.142. The zero-order valence-corrected chi connectivity index (χ0v) is 6.42. The van der Waals surface area contributed by atoms with Gasteiger partial charge in [-0.15, -0.1) is 0 Å². The maximum Gasteiger partial charge on any atom is 0.207 e. The fraction of sp³-hybridized carbons (Fsp3) is 0.857. The molecule has 0 bridgehead atoms. The van der Waals surface area contributed by atoms with Gasteiger partial charge in [0.2, 0.25) is 6.41 Å². The summed E-state index contributed by atoms with van der Waals surface area (Å²) in [5, 5.41) is 2.73. The molecular weight excluding hydrogens is 128 g/mol. The molecule has 1 fully saturated rings. The Morgan fingerprint density at radius 1 is 1.80 bits per heavy atom. The Labute approximate surface area is 61.0 Å². The molecule has 1 aliphatic rings. The Hall–Kier alpha value is -0.570. The van der Waals surface area contributed by atoms with E-state index >= 15 is 0 Å². The molecule has 3 nitrogen and oxygen atoms in total. The van der Waals surface area contributed by atoms with Crippen molar-refractivity contribution in [3.05, 3.63) is 0 Å². The molecule has 0 aliphatic heterocycles. The van der Waals surface area contributed by atoms with Crippen molar-refractivity contribution in [3.8, 4) is 0 Å². The summed E-state index contributed by atoms with van der Waals surface area (Å²) >= 11 is 0. The molecule has 0 aromatic rings. The van der Waals surface area contributed by atoms with Crippen molar-refractivity contribution in [2.45, 2.75) is 31.8 Å². The minimum absolute atomic E-state index is 0.0688. The molecule has 3 atom stereocenters. The van der Waals surface area contributed by atoms with Crippen LogP contribution in [-0.2, 0) is 4.79 Å². The minimum atomic E-state index is -0.0688. The zero-order chi connectivity index (χ0) is 7.78. The monoisotopic (exact) mass is 142 g/mol. The third-order valence-corrected chi connectivity index (χ3v) is 2.59. The first-order chi connectivity index (χ1) is 4.58. The molecule has 1 saturated carbocycles. The average Bonchev–Trinajstić information content (AvgIpc) is 1.87. The molecular formula is C7H14N2O. The topological polar surface area (TPSA) is 55.1 Å². The Morgan fingerprint density at radius 2 is 2.40 bits per heavy atom. The van der Waals surface area contributed by atoms with Gasteiger partial charge in [0.25, 0.3) is 0 Å². The van der Waals surface area contributed by atoms with Crippen molar-refractivity contribution >= 4 is 6.41 Å². The highest BCUT2D eigenvalue weighted by Crippen LogP contribution is 2.35. The van der Waals surface area contributed by atoms with E-state index in [4.69, 9.17) is 5.73 Å². The fourth-order valence-electron chi connectivity index (χ4n) is 1.43. The molecule has 3 heteroatoms. The van der Waals surface area contributed by atoms with Crippen molar-refractivity contribution in [2.24, 2.45) is 11.7 Å². The molecule has 0 heterocycles. The highest BCUT2D eigenvalue weighted by Gasteiger charge is 2.44. The number of rotatable bonds is 2. The Bertz CT molecular complexity index is 145. The molecule has 0 spiro atoms. The van der Waals surface area contributed by atoms with Crippen molar-refractivity contribution in [1.29, 1.82) is 0 Å². The summed E-state index contributed by atoms with van der Waals surface area (Å²) in [6, 6.07) is 0.299. The first-order valence-electron chi connectivity index (χ1n) is 3.56. The number of hydrogen-bond acceptors (Lipinski definition) is 2. The summed E-state index contributed by atoms with van der Waals surface area (Å²) in [4.78, 5) is 10.0. The van der Waals surface area contributed by atoms with Crippen LogP contribution in [0.15, 0.2) is 0 Å². The lowest BCUT2D eigenvalue weighted by Crippen LogP contribution is -2.64. The second kappa shape index (κ2) is 2.23. The van der Waals surface area contributed by atoms with E-state index in [1.165, 1.54) is 0 Å². The van der Waals surface area contributed by atoms with Gasteiger partial charge in [-0.25, -0.2) is 0 Å². The lowest BCUT2D eigenvalue weighted by molar-refractivity contribution is -0.111. The van der Waals surface area contributed by atoms with E-state index in [-0.39, 0.29) is 5.54 Å². The van der Waals surface area contributed by atoms with Gasteiger partial charge in [-0.2, -0.15) is 0 Å². The van der Waals surface area contributed by atoms with Gasteiger partial charge >= 0.3 is 0 Å². The summed E-state index contributed by atoms with van der Waals surface area (Å²) < 4.78 is 0. The maximum absolute atomic E-state index is 10.0. The molecule has 0 saturated heterocycles. The molecule has 58 valence electrons. The van der Waals surface area contributed by atoms with E-state index in [1.807, 2.05) is 6.92 Å². The van der Waals surface area contributed by atoms with E-state index in [1.54, 1.807) is 0 Å². The second-order valence-electron chi connectivity index (χ2n) is 3.39. The van der Waals surface area contributed by atoms with Crippen LogP contribution in [0.4, 0.5) is 0 Å². The van der Waals surface area contributed by atoms with Gasteiger partial charge in [0.05, 0.1) is 0 Å². The lowest BCUT2D eigenvalue weighted by Gasteiger charge is -2.49. The molecule has 0 radical (unpaired) electrons. The number of carbonyl (C=O) groups excluding carboxylic acids is 1. The van der Waals surface area contributed by atoms with Crippen LogP contribution in [-0.4, -0.2) is 18.0 Å².